The van der Waals surface area contributed by atoms with Gasteiger partial charge in [0.15, 0.2) is 5.75 Å². The van der Waals surface area contributed by atoms with Gasteiger partial charge in [0.05, 0.1) is 35.4 Å². The first kappa shape index (κ1) is 22.0. The molecule has 9 heteroatoms. The van der Waals surface area contributed by atoms with E-state index in [0.29, 0.717) is 5.56 Å². The Bertz CT molecular complexity index is 996. The summed E-state index contributed by atoms with van der Waals surface area (Å²) in [6, 6.07) is 7.95. The molecule has 0 aliphatic carbocycles. The first-order valence-electron chi connectivity index (χ1n) is 8.89. The fraction of sp³-hybridized carbons (Fsp3) is 0.238. The van der Waals surface area contributed by atoms with E-state index >= 15 is 0 Å². The maximum atomic E-state index is 12.8. The number of aliphatic hydroxyl groups is 1. The number of aromatic hydroxyl groups is 1. The molecule has 0 saturated carbocycles. The van der Waals surface area contributed by atoms with Gasteiger partial charge in [0.2, 0.25) is 0 Å². The van der Waals surface area contributed by atoms with Crippen molar-refractivity contribution in [3.8, 4) is 11.5 Å². The second-order valence-corrected chi connectivity index (χ2v) is 7.36. The molecule has 0 radical (unpaired) electrons. The number of carbonyl (C=O) groups excluding carboxylic acids is 2. The number of rotatable bonds is 6. The number of Topliss-reactive ketones (excluding diaryl/α,β-unsaturated/α-hetero) is 1. The third-order valence-corrected chi connectivity index (χ3v) is 5.32. The van der Waals surface area contributed by atoms with Crippen LogP contribution in [0.25, 0.3) is 5.76 Å². The molecule has 1 fully saturated rings. The lowest BCUT2D eigenvalue weighted by Gasteiger charge is -2.25. The zero-order valence-corrected chi connectivity index (χ0v) is 17.7. The van der Waals surface area contributed by atoms with Gasteiger partial charge in [-0.25, -0.2) is 0 Å². The average Bonchev–Trinajstić information content (AvgIpc) is 2.96. The van der Waals surface area contributed by atoms with Gasteiger partial charge < -0.3 is 24.6 Å². The van der Waals surface area contributed by atoms with E-state index in [0.717, 1.165) is 0 Å². The molecule has 2 aromatic rings. The Balaban J connectivity index is 2.19. The lowest BCUT2D eigenvalue weighted by atomic mass is 9.95. The number of halogens is 2. The summed E-state index contributed by atoms with van der Waals surface area (Å²) in [6.45, 7) is 0.329. The summed E-state index contributed by atoms with van der Waals surface area (Å²) in [6.07, 6.45) is 0. The lowest BCUT2D eigenvalue weighted by Crippen LogP contribution is -2.32. The summed E-state index contributed by atoms with van der Waals surface area (Å²) in [5, 5.41) is 20.9. The van der Waals surface area contributed by atoms with Crippen molar-refractivity contribution in [1.29, 1.82) is 0 Å². The number of hydrogen-bond donors (Lipinski definition) is 2. The van der Waals surface area contributed by atoms with Crippen molar-refractivity contribution in [1.82, 2.24) is 4.90 Å². The molecule has 1 saturated heterocycles. The molecule has 7 nitrogen and oxygen atoms in total. The van der Waals surface area contributed by atoms with E-state index in [2.05, 4.69) is 0 Å². The number of likely N-dealkylation sites (tertiary alicyclic amines) is 1. The number of methoxy groups -OCH3 is 2. The number of nitrogens with zero attached hydrogens (tertiary/aromatic N) is 1. The number of carbonyl (C=O) groups is 2. The molecule has 1 aliphatic rings. The smallest absolute Gasteiger partial charge is 0.295 e. The Kier molecular flexibility index (Phi) is 6.55. The Hall–Kier alpha value is -2.74. The summed E-state index contributed by atoms with van der Waals surface area (Å²) in [4.78, 5) is 26.9. The number of benzene rings is 2. The molecule has 0 aromatic heterocycles. The second kappa shape index (κ2) is 8.95. The summed E-state index contributed by atoms with van der Waals surface area (Å²) < 4.78 is 10.2. The fourth-order valence-corrected chi connectivity index (χ4v) is 3.99. The van der Waals surface area contributed by atoms with Crippen LogP contribution in [0.4, 0.5) is 0 Å². The number of aliphatic hydroxyl groups excluding tert-OH is 1. The van der Waals surface area contributed by atoms with Gasteiger partial charge in [-0.3, -0.25) is 9.59 Å². The molecule has 1 aliphatic heterocycles. The van der Waals surface area contributed by atoms with Crippen molar-refractivity contribution in [3.63, 3.8) is 0 Å². The van der Waals surface area contributed by atoms with Gasteiger partial charge in [-0.2, -0.15) is 0 Å². The van der Waals surface area contributed by atoms with E-state index < -0.39 is 23.5 Å². The minimum absolute atomic E-state index is 0.0290. The van der Waals surface area contributed by atoms with Gasteiger partial charge in [-0.15, -0.1) is 0 Å². The van der Waals surface area contributed by atoms with E-state index in [1.165, 1.54) is 43.4 Å². The van der Waals surface area contributed by atoms with Crippen molar-refractivity contribution in [2.75, 3.05) is 27.4 Å². The van der Waals surface area contributed by atoms with Gasteiger partial charge >= 0.3 is 0 Å². The average molecular weight is 452 g/mol. The normalized spacial score (nSPS) is 18.1. The van der Waals surface area contributed by atoms with Crippen molar-refractivity contribution in [2.24, 2.45) is 0 Å². The number of phenolic OH excluding ortho intramolecular Hbond substituents is 1. The number of amides is 1. The maximum absolute atomic E-state index is 12.8. The van der Waals surface area contributed by atoms with Crippen LogP contribution in [-0.4, -0.2) is 54.2 Å². The van der Waals surface area contributed by atoms with E-state index in [1.807, 2.05) is 0 Å². The lowest BCUT2D eigenvalue weighted by molar-refractivity contribution is -0.140. The second-order valence-electron chi connectivity index (χ2n) is 6.55. The number of ketones is 1. The monoisotopic (exact) mass is 451 g/mol. The van der Waals surface area contributed by atoms with E-state index in [1.54, 1.807) is 12.1 Å². The molecule has 1 amide bonds. The predicted molar refractivity (Wildman–Crippen MR) is 112 cm³/mol. The van der Waals surface area contributed by atoms with Crippen molar-refractivity contribution < 1.29 is 29.3 Å². The summed E-state index contributed by atoms with van der Waals surface area (Å²) in [5.74, 6) is -1.77. The molecule has 0 bridgehead atoms. The first-order valence-corrected chi connectivity index (χ1v) is 9.65. The Labute approximate surface area is 183 Å². The fourth-order valence-electron chi connectivity index (χ4n) is 3.35. The highest BCUT2D eigenvalue weighted by atomic mass is 35.5. The third kappa shape index (κ3) is 3.96. The zero-order valence-electron chi connectivity index (χ0n) is 16.2. The van der Waals surface area contributed by atoms with Crippen LogP contribution in [0.5, 0.6) is 11.5 Å². The van der Waals surface area contributed by atoms with Crippen molar-refractivity contribution >= 4 is 40.7 Å². The maximum Gasteiger partial charge on any atom is 0.295 e. The molecule has 1 unspecified atom stereocenters. The topological polar surface area (TPSA) is 96.3 Å². The summed E-state index contributed by atoms with van der Waals surface area (Å²) in [7, 11) is 2.88. The molecule has 158 valence electrons. The highest BCUT2D eigenvalue weighted by Crippen LogP contribution is 2.42. The van der Waals surface area contributed by atoms with Gasteiger partial charge in [-0.1, -0.05) is 35.3 Å². The van der Waals surface area contributed by atoms with Crippen LogP contribution >= 0.6 is 23.2 Å². The minimum atomic E-state index is -0.875. The molecule has 30 heavy (non-hydrogen) atoms. The molecule has 1 heterocycles. The van der Waals surface area contributed by atoms with Gasteiger partial charge in [-0.05, 0) is 29.8 Å². The highest BCUT2D eigenvalue weighted by molar-refractivity contribution is 6.46. The van der Waals surface area contributed by atoms with Crippen LogP contribution in [0, 0.1) is 0 Å². The van der Waals surface area contributed by atoms with Crippen LogP contribution in [-0.2, 0) is 14.3 Å². The SMILES string of the molecule is COCCN1C(=O)C(=O)/C(=C(/O)c2cc(Cl)c(OC)c(Cl)c2)C1c1ccc(O)cc1. The minimum Gasteiger partial charge on any atom is -0.508 e. The zero-order chi connectivity index (χ0) is 22.0. The quantitative estimate of drug-likeness (QED) is 0.394. The van der Waals surface area contributed by atoms with Gasteiger partial charge in [0, 0.05) is 19.2 Å². The Morgan fingerprint density at radius 2 is 1.70 bits per heavy atom. The predicted octanol–water partition coefficient (Wildman–Crippen LogP) is 3.78. The van der Waals surface area contributed by atoms with Crippen LogP contribution in [0.1, 0.15) is 17.2 Å². The van der Waals surface area contributed by atoms with Gasteiger partial charge in [0.1, 0.15) is 11.5 Å². The highest BCUT2D eigenvalue weighted by Gasteiger charge is 2.45. The van der Waals surface area contributed by atoms with Crippen LogP contribution < -0.4 is 4.74 Å². The van der Waals surface area contributed by atoms with Crippen LogP contribution in [0.3, 0.4) is 0 Å². The molecule has 0 spiro atoms. The van der Waals surface area contributed by atoms with Gasteiger partial charge in [0.25, 0.3) is 11.7 Å². The molecular formula is C21H19Cl2NO6. The van der Waals surface area contributed by atoms with E-state index in [9.17, 15) is 19.8 Å². The number of phenols is 1. The van der Waals surface area contributed by atoms with Crippen LogP contribution in [0.2, 0.25) is 10.0 Å². The summed E-state index contributed by atoms with van der Waals surface area (Å²) in [5.41, 5.74) is 0.591. The Morgan fingerprint density at radius 1 is 1.10 bits per heavy atom. The molecular weight excluding hydrogens is 433 g/mol. The standard InChI is InChI=1S/C21H19Cl2NO6/c1-29-8-7-24-17(11-3-5-13(25)6-4-11)16(19(27)21(24)28)18(26)12-9-14(22)20(30-2)15(23)10-12/h3-6,9-10,17,25-26H,7-8H2,1-2H3/b18-16+. The number of hydrogen-bond acceptors (Lipinski definition) is 6. The third-order valence-electron chi connectivity index (χ3n) is 4.76. The first-order chi connectivity index (χ1) is 14.3. The van der Waals surface area contributed by atoms with Crippen LogP contribution in [0.15, 0.2) is 42.0 Å². The molecule has 2 aromatic carbocycles. The number of ether oxygens (including phenoxy) is 2. The van der Waals surface area contributed by atoms with E-state index in [4.69, 9.17) is 32.7 Å². The van der Waals surface area contributed by atoms with E-state index in [-0.39, 0.29) is 45.8 Å². The largest absolute Gasteiger partial charge is 0.508 e. The molecule has 3 rings (SSSR count). The Morgan fingerprint density at radius 3 is 2.23 bits per heavy atom. The van der Waals surface area contributed by atoms with Crippen molar-refractivity contribution in [3.05, 3.63) is 63.1 Å². The molecule has 2 N–H and O–H groups in total. The summed E-state index contributed by atoms with van der Waals surface area (Å²) >= 11 is 12.3. The van der Waals surface area contributed by atoms with Crippen molar-refractivity contribution in [2.45, 2.75) is 6.04 Å². The molecule has 1 atom stereocenters.